The molecular formula is C14H26N2O3. The lowest BCUT2D eigenvalue weighted by Crippen LogP contribution is -2.56. The number of nitrogens with zero attached hydrogens (tertiary/aromatic N) is 1. The summed E-state index contributed by atoms with van der Waals surface area (Å²) in [4.78, 5) is 14.8. The van der Waals surface area contributed by atoms with Crippen molar-refractivity contribution in [3.63, 3.8) is 0 Å². The minimum atomic E-state index is -0.281. The predicted molar refractivity (Wildman–Crippen MR) is 72.8 cm³/mol. The van der Waals surface area contributed by atoms with Crippen molar-refractivity contribution in [3.8, 4) is 0 Å². The lowest BCUT2D eigenvalue weighted by atomic mass is 9.75. The molecule has 0 aliphatic carbocycles. The number of rotatable bonds is 3. The summed E-state index contributed by atoms with van der Waals surface area (Å²) < 4.78 is 5.61. The van der Waals surface area contributed by atoms with E-state index in [4.69, 9.17) is 4.74 Å². The number of hydrogen-bond acceptors (Lipinski definition) is 4. The van der Waals surface area contributed by atoms with Gasteiger partial charge in [-0.05, 0) is 25.8 Å². The number of morpholine rings is 1. The van der Waals surface area contributed by atoms with Crippen LogP contribution in [-0.4, -0.2) is 60.9 Å². The SMILES string of the molecule is CC1CN(C(=O)C2(C(C)C)CCNC2)CC(CO)O1. The second kappa shape index (κ2) is 5.77. The third-order valence-electron chi connectivity index (χ3n) is 4.54. The predicted octanol–water partition coefficient (Wildman–Crippen LogP) is 0.230. The molecule has 0 aromatic carbocycles. The Hall–Kier alpha value is -0.650. The quantitative estimate of drug-likeness (QED) is 0.771. The zero-order valence-corrected chi connectivity index (χ0v) is 12.2. The Kier molecular flexibility index (Phi) is 4.48. The van der Waals surface area contributed by atoms with Crippen molar-refractivity contribution >= 4 is 5.91 Å². The largest absolute Gasteiger partial charge is 0.394 e. The Bertz CT molecular complexity index is 327. The van der Waals surface area contributed by atoms with Crippen LogP contribution in [-0.2, 0) is 9.53 Å². The smallest absolute Gasteiger partial charge is 0.230 e. The van der Waals surface area contributed by atoms with Gasteiger partial charge >= 0.3 is 0 Å². The van der Waals surface area contributed by atoms with Crippen molar-refractivity contribution in [2.45, 2.75) is 39.4 Å². The molecular weight excluding hydrogens is 244 g/mol. The third-order valence-corrected chi connectivity index (χ3v) is 4.54. The van der Waals surface area contributed by atoms with Gasteiger partial charge in [0.25, 0.3) is 0 Å². The van der Waals surface area contributed by atoms with Gasteiger partial charge in [-0.2, -0.15) is 0 Å². The Balaban J connectivity index is 2.13. The molecule has 2 aliphatic rings. The van der Waals surface area contributed by atoms with Crippen LogP contribution in [0.3, 0.4) is 0 Å². The summed E-state index contributed by atoms with van der Waals surface area (Å²) >= 11 is 0. The molecule has 5 nitrogen and oxygen atoms in total. The molecule has 3 unspecified atom stereocenters. The highest BCUT2D eigenvalue weighted by Gasteiger charge is 2.47. The number of carbonyl (C=O) groups excluding carboxylic acids is 1. The average molecular weight is 270 g/mol. The summed E-state index contributed by atoms with van der Waals surface area (Å²) in [6.07, 6.45) is 0.652. The van der Waals surface area contributed by atoms with E-state index in [9.17, 15) is 9.90 Å². The first-order chi connectivity index (χ1) is 8.99. The second-order valence-corrected chi connectivity index (χ2v) is 6.20. The summed E-state index contributed by atoms with van der Waals surface area (Å²) in [5.74, 6) is 0.543. The van der Waals surface area contributed by atoms with Crippen LogP contribution in [0.5, 0.6) is 0 Å². The van der Waals surface area contributed by atoms with Gasteiger partial charge in [0.2, 0.25) is 5.91 Å². The molecule has 0 spiro atoms. The van der Waals surface area contributed by atoms with Crippen LogP contribution in [0.15, 0.2) is 0 Å². The van der Waals surface area contributed by atoms with Crippen molar-refractivity contribution in [1.29, 1.82) is 0 Å². The van der Waals surface area contributed by atoms with Gasteiger partial charge in [0.05, 0.1) is 24.2 Å². The summed E-state index contributed by atoms with van der Waals surface area (Å²) in [5, 5.41) is 12.6. The molecule has 2 N–H and O–H groups in total. The fourth-order valence-corrected chi connectivity index (χ4v) is 3.26. The fraction of sp³-hybridized carbons (Fsp3) is 0.929. The first kappa shape index (κ1) is 14.8. The van der Waals surface area contributed by atoms with E-state index >= 15 is 0 Å². The van der Waals surface area contributed by atoms with E-state index in [1.54, 1.807) is 0 Å². The van der Waals surface area contributed by atoms with Crippen LogP contribution < -0.4 is 5.32 Å². The lowest BCUT2D eigenvalue weighted by Gasteiger charge is -2.42. The highest BCUT2D eigenvalue weighted by atomic mass is 16.5. The van der Waals surface area contributed by atoms with E-state index in [0.717, 1.165) is 19.5 Å². The number of hydrogen-bond donors (Lipinski definition) is 2. The van der Waals surface area contributed by atoms with E-state index < -0.39 is 0 Å². The number of aliphatic hydroxyl groups excluding tert-OH is 1. The van der Waals surface area contributed by atoms with Crippen molar-refractivity contribution in [2.75, 3.05) is 32.8 Å². The zero-order valence-electron chi connectivity index (χ0n) is 12.2. The van der Waals surface area contributed by atoms with Crippen LogP contribution in [0.2, 0.25) is 0 Å². The molecule has 5 heteroatoms. The summed E-state index contributed by atoms with van der Waals surface area (Å²) in [6.45, 7) is 8.99. The van der Waals surface area contributed by atoms with Gasteiger partial charge in [0.1, 0.15) is 0 Å². The van der Waals surface area contributed by atoms with E-state index in [0.29, 0.717) is 19.0 Å². The van der Waals surface area contributed by atoms with Gasteiger partial charge in [0, 0.05) is 19.6 Å². The van der Waals surface area contributed by atoms with Crippen LogP contribution in [0.25, 0.3) is 0 Å². The molecule has 0 bridgehead atoms. The van der Waals surface area contributed by atoms with Crippen LogP contribution in [0, 0.1) is 11.3 Å². The van der Waals surface area contributed by atoms with Gasteiger partial charge in [-0.1, -0.05) is 13.8 Å². The van der Waals surface area contributed by atoms with Gasteiger partial charge in [0.15, 0.2) is 0 Å². The number of aliphatic hydroxyl groups is 1. The molecule has 2 saturated heterocycles. The van der Waals surface area contributed by atoms with Crippen LogP contribution in [0.1, 0.15) is 27.2 Å². The van der Waals surface area contributed by atoms with Gasteiger partial charge in [-0.3, -0.25) is 4.79 Å². The average Bonchev–Trinajstić information content (AvgIpc) is 2.87. The summed E-state index contributed by atoms with van der Waals surface area (Å²) in [7, 11) is 0. The van der Waals surface area contributed by atoms with Crippen LogP contribution >= 0.6 is 0 Å². The molecule has 2 fully saturated rings. The Morgan fingerprint density at radius 3 is 2.79 bits per heavy atom. The monoisotopic (exact) mass is 270 g/mol. The molecule has 0 aromatic heterocycles. The highest BCUT2D eigenvalue weighted by Crippen LogP contribution is 2.36. The van der Waals surface area contributed by atoms with Crippen molar-refractivity contribution in [2.24, 2.45) is 11.3 Å². The maximum Gasteiger partial charge on any atom is 0.230 e. The zero-order chi connectivity index (χ0) is 14.0. The number of amides is 1. The first-order valence-corrected chi connectivity index (χ1v) is 7.26. The molecule has 0 saturated carbocycles. The van der Waals surface area contributed by atoms with E-state index in [-0.39, 0.29) is 30.1 Å². The Labute approximate surface area is 115 Å². The molecule has 1 amide bonds. The minimum Gasteiger partial charge on any atom is -0.394 e. The van der Waals surface area contributed by atoms with Crippen LogP contribution in [0.4, 0.5) is 0 Å². The van der Waals surface area contributed by atoms with E-state index in [2.05, 4.69) is 19.2 Å². The topological polar surface area (TPSA) is 61.8 Å². The molecule has 0 aromatic rings. The van der Waals surface area contributed by atoms with Gasteiger partial charge < -0.3 is 20.1 Å². The van der Waals surface area contributed by atoms with E-state index in [1.807, 2.05) is 11.8 Å². The van der Waals surface area contributed by atoms with Gasteiger partial charge in [-0.25, -0.2) is 0 Å². The molecule has 2 heterocycles. The first-order valence-electron chi connectivity index (χ1n) is 7.26. The maximum absolute atomic E-state index is 12.9. The van der Waals surface area contributed by atoms with E-state index in [1.165, 1.54) is 0 Å². The summed E-state index contributed by atoms with van der Waals surface area (Å²) in [6, 6.07) is 0. The third kappa shape index (κ3) is 2.78. The molecule has 2 aliphatic heterocycles. The molecule has 3 atom stereocenters. The number of carbonyl (C=O) groups is 1. The highest BCUT2D eigenvalue weighted by molar-refractivity contribution is 5.84. The number of ether oxygens (including phenoxy) is 1. The van der Waals surface area contributed by atoms with Crippen molar-refractivity contribution in [1.82, 2.24) is 10.2 Å². The minimum absolute atomic E-state index is 0.00609. The standard InChI is InChI=1S/C14H26N2O3/c1-10(2)14(4-5-15-9-14)13(18)16-6-11(3)19-12(7-16)8-17/h10-12,15,17H,4-9H2,1-3H3. The molecule has 2 rings (SSSR count). The second-order valence-electron chi connectivity index (χ2n) is 6.20. The van der Waals surface area contributed by atoms with Gasteiger partial charge in [-0.15, -0.1) is 0 Å². The Morgan fingerprint density at radius 2 is 2.26 bits per heavy atom. The lowest BCUT2D eigenvalue weighted by molar-refractivity contribution is -0.158. The molecule has 19 heavy (non-hydrogen) atoms. The fourth-order valence-electron chi connectivity index (χ4n) is 3.26. The molecule has 110 valence electrons. The Morgan fingerprint density at radius 1 is 1.53 bits per heavy atom. The summed E-state index contributed by atoms with van der Waals surface area (Å²) in [5.41, 5.74) is -0.281. The van der Waals surface area contributed by atoms with Crippen molar-refractivity contribution in [3.05, 3.63) is 0 Å². The maximum atomic E-state index is 12.9. The number of nitrogens with one attached hydrogen (secondary N) is 1. The normalized spacial score (nSPS) is 35.9. The van der Waals surface area contributed by atoms with Crippen molar-refractivity contribution < 1.29 is 14.6 Å². The molecule has 0 radical (unpaired) electrons.